The maximum atomic E-state index is 11.9. The smallest absolute Gasteiger partial charge is 0.311 e. The van der Waals surface area contributed by atoms with Crippen LogP contribution in [-0.2, 0) is 13.0 Å². The molecule has 0 amide bonds. The van der Waals surface area contributed by atoms with Crippen molar-refractivity contribution in [2.45, 2.75) is 45.3 Å². The fourth-order valence-electron chi connectivity index (χ4n) is 2.94. The molecule has 2 heterocycles. The van der Waals surface area contributed by atoms with Gasteiger partial charge in [0.1, 0.15) is 0 Å². The van der Waals surface area contributed by atoms with Crippen LogP contribution in [0.5, 0.6) is 0 Å². The van der Waals surface area contributed by atoms with Gasteiger partial charge in [-0.25, -0.2) is 4.79 Å². The van der Waals surface area contributed by atoms with Gasteiger partial charge in [0.25, 0.3) is 0 Å². The molecule has 1 aliphatic rings. The van der Waals surface area contributed by atoms with Gasteiger partial charge >= 0.3 is 5.69 Å². The Labute approximate surface area is 106 Å². The molecule has 0 saturated carbocycles. The van der Waals surface area contributed by atoms with Gasteiger partial charge in [-0.15, -0.1) is 0 Å². The number of aryl methyl sites for hydroxylation is 1. The number of aromatic amines is 1. The summed E-state index contributed by atoms with van der Waals surface area (Å²) in [6.07, 6.45) is 1.99. The first-order chi connectivity index (χ1) is 8.65. The van der Waals surface area contributed by atoms with Crippen molar-refractivity contribution in [2.24, 2.45) is 0 Å². The Hall–Kier alpha value is -1.55. The molecule has 1 aromatic heterocycles. The third-order valence-electron chi connectivity index (χ3n) is 3.61. The molecule has 0 radical (unpaired) electrons. The van der Waals surface area contributed by atoms with Crippen LogP contribution in [0.4, 0.5) is 0 Å². The van der Waals surface area contributed by atoms with E-state index in [4.69, 9.17) is 0 Å². The van der Waals surface area contributed by atoms with Gasteiger partial charge in [0.15, 0.2) is 0 Å². The molecule has 0 unspecified atom stereocenters. The van der Waals surface area contributed by atoms with E-state index < -0.39 is 0 Å². The van der Waals surface area contributed by atoms with Crippen molar-refractivity contribution in [1.29, 1.82) is 0 Å². The van der Waals surface area contributed by atoms with Crippen molar-refractivity contribution in [2.75, 3.05) is 0 Å². The first kappa shape index (κ1) is 11.5. The molecule has 1 aromatic carbocycles. The quantitative estimate of drug-likeness (QED) is 0.845. The highest BCUT2D eigenvalue weighted by Gasteiger charge is 2.20. The van der Waals surface area contributed by atoms with E-state index in [1.807, 2.05) is 16.7 Å². The minimum atomic E-state index is 0.0163. The Kier molecular flexibility index (Phi) is 2.74. The normalized spacial score (nSPS) is 19.4. The number of benzene rings is 1. The predicted molar refractivity (Wildman–Crippen MR) is 72.9 cm³/mol. The standard InChI is InChI=1S/C14H19N3O/c1-9(2)15-11-6-7-17-13-10(8-11)4-3-5-12(13)16-14(17)18/h3-5,9,11,15H,6-8H2,1-2H3,(H,16,18)/t11-/m0/s1. The monoisotopic (exact) mass is 245 g/mol. The lowest BCUT2D eigenvalue weighted by Gasteiger charge is -2.19. The lowest BCUT2D eigenvalue weighted by Crippen LogP contribution is -2.36. The minimum absolute atomic E-state index is 0.0163. The molecular formula is C14H19N3O. The molecule has 0 fully saturated rings. The Morgan fingerprint density at radius 3 is 3.06 bits per heavy atom. The van der Waals surface area contributed by atoms with Gasteiger partial charge in [0, 0.05) is 18.6 Å². The van der Waals surface area contributed by atoms with E-state index in [-0.39, 0.29) is 5.69 Å². The zero-order valence-corrected chi connectivity index (χ0v) is 10.9. The highest BCUT2D eigenvalue weighted by atomic mass is 16.1. The largest absolute Gasteiger partial charge is 0.326 e. The van der Waals surface area contributed by atoms with Gasteiger partial charge in [-0.3, -0.25) is 4.57 Å². The number of hydrogen-bond acceptors (Lipinski definition) is 2. The van der Waals surface area contributed by atoms with E-state index in [1.54, 1.807) is 0 Å². The third-order valence-corrected chi connectivity index (χ3v) is 3.61. The van der Waals surface area contributed by atoms with Crippen LogP contribution in [0.1, 0.15) is 25.8 Å². The molecule has 1 atom stereocenters. The molecule has 0 aliphatic carbocycles. The molecule has 2 N–H and O–H groups in total. The van der Waals surface area contributed by atoms with Crippen LogP contribution in [0, 0.1) is 0 Å². The topological polar surface area (TPSA) is 49.8 Å². The van der Waals surface area contributed by atoms with Gasteiger partial charge in [0.2, 0.25) is 0 Å². The summed E-state index contributed by atoms with van der Waals surface area (Å²) in [6.45, 7) is 5.12. The van der Waals surface area contributed by atoms with E-state index in [0.717, 1.165) is 30.4 Å². The average molecular weight is 245 g/mol. The number of aromatic nitrogens is 2. The van der Waals surface area contributed by atoms with Gasteiger partial charge < -0.3 is 10.3 Å². The van der Waals surface area contributed by atoms with Crippen molar-refractivity contribution in [3.8, 4) is 0 Å². The van der Waals surface area contributed by atoms with E-state index in [2.05, 4.69) is 30.2 Å². The van der Waals surface area contributed by atoms with Crippen LogP contribution in [0.2, 0.25) is 0 Å². The summed E-state index contributed by atoms with van der Waals surface area (Å²) in [4.78, 5) is 14.9. The number of H-pyrrole nitrogens is 1. The number of imidazole rings is 1. The summed E-state index contributed by atoms with van der Waals surface area (Å²) >= 11 is 0. The van der Waals surface area contributed by atoms with E-state index in [9.17, 15) is 4.79 Å². The molecule has 0 spiro atoms. The summed E-state index contributed by atoms with van der Waals surface area (Å²) in [5.41, 5.74) is 3.34. The van der Waals surface area contributed by atoms with E-state index in [0.29, 0.717) is 12.1 Å². The second-order valence-electron chi connectivity index (χ2n) is 5.41. The lowest BCUT2D eigenvalue weighted by molar-refractivity contribution is 0.422. The van der Waals surface area contributed by atoms with Crippen molar-refractivity contribution in [1.82, 2.24) is 14.9 Å². The molecule has 0 bridgehead atoms. The maximum Gasteiger partial charge on any atom is 0.326 e. The predicted octanol–water partition coefficient (Wildman–Crippen LogP) is 1.64. The highest BCUT2D eigenvalue weighted by Crippen LogP contribution is 2.22. The van der Waals surface area contributed by atoms with Gasteiger partial charge in [-0.1, -0.05) is 26.0 Å². The van der Waals surface area contributed by atoms with Crippen molar-refractivity contribution >= 4 is 11.0 Å². The van der Waals surface area contributed by atoms with Crippen LogP contribution in [0.15, 0.2) is 23.0 Å². The van der Waals surface area contributed by atoms with Crippen molar-refractivity contribution < 1.29 is 0 Å². The fourth-order valence-corrected chi connectivity index (χ4v) is 2.94. The van der Waals surface area contributed by atoms with Gasteiger partial charge in [0.05, 0.1) is 11.0 Å². The van der Waals surface area contributed by atoms with Crippen LogP contribution < -0.4 is 11.0 Å². The lowest BCUT2D eigenvalue weighted by atomic mass is 10.0. The maximum absolute atomic E-state index is 11.9. The summed E-state index contributed by atoms with van der Waals surface area (Å²) in [7, 11) is 0. The molecule has 4 heteroatoms. The molecule has 96 valence electrons. The molecule has 18 heavy (non-hydrogen) atoms. The highest BCUT2D eigenvalue weighted by molar-refractivity contribution is 5.79. The second kappa shape index (κ2) is 4.28. The van der Waals surface area contributed by atoms with Crippen LogP contribution in [-0.4, -0.2) is 21.6 Å². The number of para-hydroxylation sites is 1. The summed E-state index contributed by atoms with van der Waals surface area (Å²) in [5.74, 6) is 0. The molecule has 0 saturated heterocycles. The second-order valence-corrected chi connectivity index (χ2v) is 5.41. The first-order valence-corrected chi connectivity index (χ1v) is 6.61. The minimum Gasteiger partial charge on any atom is -0.311 e. The average Bonchev–Trinajstić information content (AvgIpc) is 2.51. The third kappa shape index (κ3) is 1.86. The van der Waals surface area contributed by atoms with Crippen LogP contribution >= 0.6 is 0 Å². The van der Waals surface area contributed by atoms with E-state index in [1.165, 1.54) is 5.56 Å². The number of nitrogens with one attached hydrogen (secondary N) is 2. The van der Waals surface area contributed by atoms with Crippen molar-refractivity contribution in [3.05, 3.63) is 34.2 Å². The Morgan fingerprint density at radius 2 is 2.28 bits per heavy atom. The Balaban J connectivity index is 2.06. The fraction of sp³-hybridized carbons (Fsp3) is 0.500. The van der Waals surface area contributed by atoms with Gasteiger partial charge in [-0.05, 0) is 24.5 Å². The molecule has 1 aliphatic heterocycles. The SMILES string of the molecule is CC(C)N[C@H]1CCn2c(=O)[nH]c3cccc(c32)C1. The van der Waals surface area contributed by atoms with Crippen LogP contribution in [0.25, 0.3) is 11.0 Å². The summed E-state index contributed by atoms with van der Waals surface area (Å²) in [5, 5.41) is 3.58. The zero-order chi connectivity index (χ0) is 12.7. The number of rotatable bonds is 2. The number of nitrogens with zero attached hydrogens (tertiary/aromatic N) is 1. The zero-order valence-electron chi connectivity index (χ0n) is 10.9. The Bertz CT molecular complexity index is 623. The van der Waals surface area contributed by atoms with Crippen LogP contribution in [0.3, 0.4) is 0 Å². The molecular weight excluding hydrogens is 226 g/mol. The number of hydrogen-bond donors (Lipinski definition) is 2. The molecule has 3 rings (SSSR count). The summed E-state index contributed by atoms with van der Waals surface area (Å²) in [6, 6.07) is 7.06. The Morgan fingerprint density at radius 1 is 1.44 bits per heavy atom. The first-order valence-electron chi connectivity index (χ1n) is 6.61. The van der Waals surface area contributed by atoms with E-state index >= 15 is 0 Å². The molecule has 2 aromatic rings. The van der Waals surface area contributed by atoms with Crippen molar-refractivity contribution in [3.63, 3.8) is 0 Å². The van der Waals surface area contributed by atoms with Gasteiger partial charge in [-0.2, -0.15) is 0 Å². The summed E-state index contributed by atoms with van der Waals surface area (Å²) < 4.78 is 1.88. The molecule has 4 nitrogen and oxygen atoms in total.